The van der Waals surface area contributed by atoms with Gasteiger partial charge in [0.15, 0.2) is 5.65 Å². The number of aliphatic hydroxyl groups is 1. The fraction of sp³-hybridized carbons (Fsp3) is 0.667. The van der Waals surface area contributed by atoms with Crippen LogP contribution in [0.3, 0.4) is 0 Å². The Kier molecular flexibility index (Phi) is 4.28. The van der Waals surface area contributed by atoms with Crippen molar-refractivity contribution in [3.05, 3.63) is 29.7 Å². The van der Waals surface area contributed by atoms with Crippen molar-refractivity contribution in [1.82, 2.24) is 19.5 Å². The molecule has 2 fully saturated rings. The number of fused-ring (bicyclic) bond motifs is 1. The number of β-amino-alcohol motifs (C(OH)–C–C–N with tert-alkyl or cyclic N) is 1. The van der Waals surface area contributed by atoms with E-state index in [1.165, 1.54) is 12.8 Å². The number of likely N-dealkylation sites (tertiary alicyclic amines) is 1. The van der Waals surface area contributed by atoms with Crippen LogP contribution in [-0.4, -0.2) is 56.5 Å². The Morgan fingerprint density at radius 1 is 1.33 bits per heavy atom. The molecule has 4 rings (SSSR count). The molecule has 2 aliphatic rings. The molecule has 0 aliphatic carbocycles. The molecule has 0 aromatic carbocycles. The van der Waals surface area contributed by atoms with E-state index in [1.807, 2.05) is 23.7 Å². The molecule has 24 heavy (non-hydrogen) atoms. The van der Waals surface area contributed by atoms with E-state index in [-0.39, 0.29) is 6.04 Å². The van der Waals surface area contributed by atoms with E-state index in [9.17, 15) is 5.11 Å². The Bertz CT molecular complexity index is 708. The van der Waals surface area contributed by atoms with Crippen LogP contribution in [-0.2, 0) is 4.74 Å². The molecule has 0 amide bonds. The van der Waals surface area contributed by atoms with Gasteiger partial charge >= 0.3 is 0 Å². The van der Waals surface area contributed by atoms with Crippen molar-refractivity contribution in [1.29, 1.82) is 0 Å². The van der Waals surface area contributed by atoms with E-state index in [0.717, 1.165) is 42.8 Å². The number of aryl methyl sites for hydroxylation is 1. The minimum absolute atomic E-state index is 0.283. The first-order chi connectivity index (χ1) is 11.6. The number of hydrogen-bond acceptors (Lipinski definition) is 5. The lowest BCUT2D eigenvalue weighted by molar-refractivity contribution is -0.0888. The summed E-state index contributed by atoms with van der Waals surface area (Å²) in [5, 5.41) is 15.3. The molecular formula is C18H26N4O2. The van der Waals surface area contributed by atoms with Gasteiger partial charge in [-0.3, -0.25) is 4.90 Å². The third-order valence-electron chi connectivity index (χ3n) is 5.34. The quantitative estimate of drug-likeness (QED) is 0.934. The molecule has 1 N–H and O–H groups in total. The maximum Gasteiger partial charge on any atom is 0.155 e. The second kappa shape index (κ2) is 6.43. The SMILES string of the molecule is Cc1cc2nc([C@@H]3CCCCN3CC3(O)CCOCC3)ccn2n1. The summed E-state index contributed by atoms with van der Waals surface area (Å²) in [5.41, 5.74) is 2.36. The smallest absolute Gasteiger partial charge is 0.155 e. The van der Waals surface area contributed by atoms with Crippen molar-refractivity contribution in [2.75, 3.05) is 26.3 Å². The monoisotopic (exact) mass is 330 g/mol. The highest BCUT2D eigenvalue weighted by Gasteiger charge is 2.36. The van der Waals surface area contributed by atoms with Crippen LogP contribution in [0.15, 0.2) is 18.3 Å². The van der Waals surface area contributed by atoms with Crippen LogP contribution in [0.4, 0.5) is 0 Å². The van der Waals surface area contributed by atoms with E-state index in [2.05, 4.69) is 16.1 Å². The summed E-state index contributed by atoms with van der Waals surface area (Å²) >= 11 is 0. The first-order valence-corrected chi connectivity index (χ1v) is 9.00. The Balaban J connectivity index is 1.58. The third-order valence-corrected chi connectivity index (χ3v) is 5.34. The molecule has 2 aromatic heterocycles. The van der Waals surface area contributed by atoms with Crippen molar-refractivity contribution >= 4 is 5.65 Å². The first-order valence-electron chi connectivity index (χ1n) is 9.00. The number of hydrogen-bond donors (Lipinski definition) is 1. The molecule has 1 atom stereocenters. The molecule has 6 nitrogen and oxygen atoms in total. The van der Waals surface area contributed by atoms with Crippen LogP contribution in [0.2, 0.25) is 0 Å². The topological polar surface area (TPSA) is 62.9 Å². The predicted molar refractivity (Wildman–Crippen MR) is 90.9 cm³/mol. The summed E-state index contributed by atoms with van der Waals surface area (Å²) in [5.74, 6) is 0. The van der Waals surface area contributed by atoms with Gasteiger partial charge < -0.3 is 9.84 Å². The molecule has 0 radical (unpaired) electrons. The zero-order chi connectivity index (χ0) is 16.6. The Morgan fingerprint density at radius 3 is 3.00 bits per heavy atom. The van der Waals surface area contributed by atoms with E-state index in [1.54, 1.807) is 0 Å². The number of rotatable bonds is 3. The number of ether oxygens (including phenoxy) is 1. The molecule has 6 heteroatoms. The zero-order valence-corrected chi connectivity index (χ0v) is 14.3. The molecule has 2 aromatic rings. The van der Waals surface area contributed by atoms with E-state index in [4.69, 9.17) is 9.72 Å². The fourth-order valence-corrected chi connectivity index (χ4v) is 4.00. The van der Waals surface area contributed by atoms with Gasteiger partial charge in [0.2, 0.25) is 0 Å². The van der Waals surface area contributed by atoms with Gasteiger partial charge in [-0.15, -0.1) is 0 Å². The molecular weight excluding hydrogens is 304 g/mol. The normalized spacial score (nSPS) is 25.2. The summed E-state index contributed by atoms with van der Waals surface area (Å²) in [4.78, 5) is 7.27. The average molecular weight is 330 g/mol. The lowest BCUT2D eigenvalue weighted by atomic mass is 9.90. The molecule has 0 unspecified atom stereocenters. The van der Waals surface area contributed by atoms with Gasteiger partial charge in [-0.25, -0.2) is 9.50 Å². The second-order valence-corrected chi connectivity index (χ2v) is 7.26. The largest absolute Gasteiger partial charge is 0.388 e. The predicted octanol–water partition coefficient (Wildman–Crippen LogP) is 2.11. The molecule has 0 saturated carbocycles. The maximum atomic E-state index is 10.9. The van der Waals surface area contributed by atoms with Gasteiger partial charge in [0.25, 0.3) is 0 Å². The molecule has 2 aliphatic heterocycles. The van der Waals surface area contributed by atoms with Gasteiger partial charge in [0.05, 0.1) is 23.0 Å². The lowest BCUT2D eigenvalue weighted by Gasteiger charge is -2.42. The zero-order valence-electron chi connectivity index (χ0n) is 14.3. The minimum Gasteiger partial charge on any atom is -0.388 e. The van der Waals surface area contributed by atoms with Gasteiger partial charge in [-0.2, -0.15) is 5.10 Å². The highest BCUT2D eigenvalue weighted by molar-refractivity contribution is 5.39. The molecule has 4 heterocycles. The lowest BCUT2D eigenvalue weighted by Crippen LogP contribution is -2.49. The average Bonchev–Trinajstić information content (AvgIpc) is 2.95. The van der Waals surface area contributed by atoms with Gasteiger partial charge in [-0.1, -0.05) is 6.42 Å². The van der Waals surface area contributed by atoms with E-state index in [0.29, 0.717) is 19.8 Å². The summed E-state index contributed by atoms with van der Waals surface area (Å²) in [6, 6.07) is 4.38. The van der Waals surface area contributed by atoms with Crippen molar-refractivity contribution < 1.29 is 9.84 Å². The van der Waals surface area contributed by atoms with Crippen molar-refractivity contribution in [2.45, 2.75) is 50.7 Å². The van der Waals surface area contributed by atoms with Crippen LogP contribution in [0.1, 0.15) is 49.5 Å². The Hall–Kier alpha value is -1.50. The summed E-state index contributed by atoms with van der Waals surface area (Å²) < 4.78 is 7.25. The van der Waals surface area contributed by atoms with E-state index < -0.39 is 5.60 Å². The van der Waals surface area contributed by atoms with Gasteiger partial charge in [0, 0.05) is 44.9 Å². The Labute approximate surface area is 142 Å². The maximum absolute atomic E-state index is 10.9. The summed E-state index contributed by atoms with van der Waals surface area (Å²) in [7, 11) is 0. The number of nitrogens with zero attached hydrogens (tertiary/aromatic N) is 4. The van der Waals surface area contributed by atoms with Crippen LogP contribution < -0.4 is 0 Å². The fourth-order valence-electron chi connectivity index (χ4n) is 4.00. The molecule has 0 bridgehead atoms. The second-order valence-electron chi connectivity index (χ2n) is 7.26. The third kappa shape index (κ3) is 3.18. The minimum atomic E-state index is -0.620. The number of piperidine rings is 1. The molecule has 2 saturated heterocycles. The Morgan fingerprint density at radius 2 is 2.17 bits per heavy atom. The van der Waals surface area contributed by atoms with Gasteiger partial charge in [-0.05, 0) is 32.4 Å². The highest BCUT2D eigenvalue weighted by atomic mass is 16.5. The van der Waals surface area contributed by atoms with Gasteiger partial charge in [0.1, 0.15) is 0 Å². The first kappa shape index (κ1) is 16.0. The molecule has 0 spiro atoms. The van der Waals surface area contributed by atoms with Crippen LogP contribution in [0.25, 0.3) is 5.65 Å². The van der Waals surface area contributed by atoms with Crippen molar-refractivity contribution in [3.63, 3.8) is 0 Å². The van der Waals surface area contributed by atoms with E-state index >= 15 is 0 Å². The number of aromatic nitrogens is 3. The summed E-state index contributed by atoms with van der Waals surface area (Å²) in [6.07, 6.45) is 6.96. The molecule has 130 valence electrons. The standard InChI is InChI=1S/C18H26N4O2/c1-14-12-17-19-15(5-9-22(17)20-14)16-4-2-3-8-21(16)13-18(23)6-10-24-11-7-18/h5,9,12,16,23H,2-4,6-8,10-11,13H2,1H3/t16-/m0/s1. The summed E-state index contributed by atoms with van der Waals surface area (Å²) in [6.45, 7) is 5.05. The van der Waals surface area contributed by atoms with Crippen molar-refractivity contribution in [2.24, 2.45) is 0 Å². The highest BCUT2D eigenvalue weighted by Crippen LogP contribution is 2.33. The van der Waals surface area contributed by atoms with Crippen LogP contribution >= 0.6 is 0 Å². The van der Waals surface area contributed by atoms with Crippen LogP contribution in [0.5, 0.6) is 0 Å². The van der Waals surface area contributed by atoms with Crippen molar-refractivity contribution in [3.8, 4) is 0 Å². The van der Waals surface area contributed by atoms with Crippen LogP contribution in [0, 0.1) is 6.92 Å².